The number of carbonyl (C=O) groups is 1. The molecule has 3 heterocycles. The summed E-state index contributed by atoms with van der Waals surface area (Å²) >= 11 is 5.67. The van der Waals surface area contributed by atoms with Crippen LogP contribution >= 0.6 is 12.2 Å². The smallest absolute Gasteiger partial charge is 0.417 e. The van der Waals surface area contributed by atoms with Gasteiger partial charge in [-0.2, -0.15) is 18.4 Å². The zero-order valence-electron chi connectivity index (χ0n) is 18.3. The standard InChI is InChI=1S/C24H20F3N3O4S/c25-24(26,27)19-10-16(3-1-15(19)11-28)29-21(32)23(7-8-33-13-23)30(22(29)35)17-4-6-20-14(9-17)2-5-18(12-31)34-20/h1,3-4,6,9-10,18,31H,2,5,7-8,12-13H2/t18-,23+/m1/s1. The number of nitriles is 1. The van der Waals surface area contributed by atoms with E-state index in [4.69, 9.17) is 27.0 Å². The van der Waals surface area contributed by atoms with Crippen molar-refractivity contribution in [2.24, 2.45) is 0 Å². The van der Waals surface area contributed by atoms with Crippen molar-refractivity contribution in [2.45, 2.75) is 37.1 Å². The zero-order chi connectivity index (χ0) is 25.0. The van der Waals surface area contributed by atoms with Gasteiger partial charge in [-0.1, -0.05) is 0 Å². The summed E-state index contributed by atoms with van der Waals surface area (Å²) in [5.74, 6) is 0.151. The van der Waals surface area contributed by atoms with Crippen LogP contribution in [0.4, 0.5) is 24.5 Å². The Kier molecular flexibility index (Phi) is 5.70. The van der Waals surface area contributed by atoms with Crippen LogP contribution in [0, 0.1) is 11.3 Å². The fraction of sp³-hybridized carbons (Fsp3) is 0.375. The van der Waals surface area contributed by atoms with Crippen LogP contribution in [0.25, 0.3) is 0 Å². The summed E-state index contributed by atoms with van der Waals surface area (Å²) in [6, 6.07) is 10.0. The third-order valence-corrected chi connectivity index (χ3v) is 7.00. The van der Waals surface area contributed by atoms with E-state index in [2.05, 4.69) is 0 Å². The quantitative estimate of drug-likeness (QED) is 0.641. The van der Waals surface area contributed by atoms with Crippen molar-refractivity contribution in [3.8, 4) is 11.8 Å². The highest BCUT2D eigenvalue weighted by atomic mass is 32.1. The van der Waals surface area contributed by atoms with E-state index in [9.17, 15) is 23.1 Å². The Bertz CT molecular complexity index is 1250. The molecule has 35 heavy (non-hydrogen) atoms. The van der Waals surface area contributed by atoms with Crippen molar-refractivity contribution >= 4 is 34.6 Å². The molecule has 3 aliphatic heterocycles. The van der Waals surface area contributed by atoms with Crippen LogP contribution in [0.3, 0.4) is 0 Å². The predicted molar refractivity (Wildman–Crippen MR) is 123 cm³/mol. The van der Waals surface area contributed by atoms with Crippen LogP contribution in [0.5, 0.6) is 5.75 Å². The average molecular weight is 504 g/mol. The summed E-state index contributed by atoms with van der Waals surface area (Å²) in [5.41, 5.74) is -1.44. The normalized spacial score (nSPS) is 24.0. The molecule has 1 amide bonds. The Labute approximate surface area is 204 Å². The first kappa shape index (κ1) is 23.5. The molecule has 1 N–H and O–H groups in total. The summed E-state index contributed by atoms with van der Waals surface area (Å²) < 4.78 is 52.2. The number of rotatable bonds is 3. The number of benzene rings is 2. The number of hydrogen-bond donors (Lipinski definition) is 1. The number of fused-ring (bicyclic) bond motifs is 1. The number of ether oxygens (including phenoxy) is 2. The summed E-state index contributed by atoms with van der Waals surface area (Å²) in [5, 5.41) is 18.5. The van der Waals surface area contributed by atoms with E-state index in [1.807, 2.05) is 6.07 Å². The Morgan fingerprint density at radius 3 is 2.66 bits per heavy atom. The maximum atomic E-state index is 13.7. The summed E-state index contributed by atoms with van der Waals surface area (Å²) in [6.07, 6.45) is -3.47. The largest absolute Gasteiger partial charge is 0.488 e. The molecule has 0 aromatic heterocycles. The predicted octanol–water partition coefficient (Wildman–Crippen LogP) is 3.56. The van der Waals surface area contributed by atoms with Crippen LogP contribution in [0.1, 0.15) is 29.5 Å². The van der Waals surface area contributed by atoms with Crippen molar-refractivity contribution in [3.63, 3.8) is 0 Å². The lowest BCUT2D eigenvalue weighted by Gasteiger charge is -2.33. The zero-order valence-corrected chi connectivity index (χ0v) is 19.2. The number of nitrogens with zero attached hydrogens (tertiary/aromatic N) is 3. The topological polar surface area (TPSA) is 86.0 Å². The molecule has 1 spiro atoms. The van der Waals surface area contributed by atoms with Crippen molar-refractivity contribution in [3.05, 3.63) is 53.1 Å². The molecule has 2 aromatic carbocycles. The van der Waals surface area contributed by atoms with E-state index in [1.165, 1.54) is 6.07 Å². The van der Waals surface area contributed by atoms with Crippen molar-refractivity contribution in [1.29, 1.82) is 5.26 Å². The molecule has 2 atom stereocenters. The van der Waals surface area contributed by atoms with Gasteiger partial charge < -0.3 is 19.5 Å². The molecular weight excluding hydrogens is 483 g/mol. The minimum absolute atomic E-state index is 0.0308. The minimum Gasteiger partial charge on any atom is -0.488 e. The third-order valence-electron chi connectivity index (χ3n) is 6.64. The maximum Gasteiger partial charge on any atom is 0.417 e. The second-order valence-electron chi connectivity index (χ2n) is 8.69. The molecule has 2 fully saturated rings. The van der Waals surface area contributed by atoms with Crippen LogP contribution in [0.15, 0.2) is 36.4 Å². The summed E-state index contributed by atoms with van der Waals surface area (Å²) in [7, 11) is 0. The highest BCUT2D eigenvalue weighted by molar-refractivity contribution is 7.81. The van der Waals surface area contributed by atoms with Gasteiger partial charge in [-0.25, -0.2) is 0 Å². The van der Waals surface area contributed by atoms with Gasteiger partial charge in [0.2, 0.25) is 0 Å². The van der Waals surface area contributed by atoms with E-state index in [0.717, 1.165) is 22.6 Å². The van der Waals surface area contributed by atoms with Gasteiger partial charge in [-0.15, -0.1) is 0 Å². The average Bonchev–Trinajstić information content (AvgIpc) is 3.41. The first-order valence-corrected chi connectivity index (χ1v) is 11.4. The van der Waals surface area contributed by atoms with Gasteiger partial charge in [-0.05, 0) is 67.0 Å². The lowest BCUT2D eigenvalue weighted by atomic mass is 9.95. The van der Waals surface area contributed by atoms with Gasteiger partial charge in [-0.3, -0.25) is 9.69 Å². The second kappa shape index (κ2) is 8.48. The van der Waals surface area contributed by atoms with Crippen LogP contribution in [0.2, 0.25) is 0 Å². The Hall–Kier alpha value is -3.20. The van der Waals surface area contributed by atoms with Gasteiger partial charge in [0, 0.05) is 18.7 Å². The first-order valence-electron chi connectivity index (χ1n) is 11.0. The highest BCUT2D eigenvalue weighted by Crippen LogP contribution is 2.44. The molecule has 0 bridgehead atoms. The molecule has 0 saturated carbocycles. The van der Waals surface area contributed by atoms with Crippen LogP contribution in [-0.4, -0.2) is 47.6 Å². The number of aryl methyl sites for hydroxylation is 1. The number of thiocarbonyl (C=S) groups is 1. The molecule has 0 radical (unpaired) electrons. The number of halogens is 3. The van der Waals surface area contributed by atoms with Gasteiger partial charge >= 0.3 is 6.18 Å². The first-order chi connectivity index (χ1) is 16.7. The van der Waals surface area contributed by atoms with Gasteiger partial charge in [0.15, 0.2) is 10.7 Å². The lowest BCUT2D eigenvalue weighted by molar-refractivity contribution is -0.137. The van der Waals surface area contributed by atoms with E-state index >= 15 is 0 Å². The number of alkyl halides is 3. The molecule has 2 saturated heterocycles. The van der Waals surface area contributed by atoms with Crippen LogP contribution < -0.4 is 14.5 Å². The molecule has 7 nitrogen and oxygen atoms in total. The molecule has 2 aromatic rings. The molecule has 182 valence electrons. The van der Waals surface area contributed by atoms with Gasteiger partial charge in [0.05, 0.1) is 36.1 Å². The number of anilines is 2. The highest BCUT2D eigenvalue weighted by Gasteiger charge is 2.58. The molecule has 11 heteroatoms. The van der Waals surface area contributed by atoms with E-state index in [0.29, 0.717) is 37.3 Å². The Morgan fingerprint density at radius 1 is 1.23 bits per heavy atom. The Balaban J connectivity index is 1.58. The fourth-order valence-electron chi connectivity index (χ4n) is 4.86. The summed E-state index contributed by atoms with van der Waals surface area (Å²) in [4.78, 5) is 16.5. The molecule has 0 aliphatic carbocycles. The SMILES string of the molecule is N#Cc1ccc(N2C(=O)[C@@]3(CCOC3)N(c3ccc4c(c3)CC[C@H](CO)O4)C2=S)cc1C(F)(F)F. The minimum atomic E-state index is -4.77. The van der Waals surface area contributed by atoms with Crippen molar-refractivity contribution in [1.82, 2.24) is 0 Å². The molecular formula is C24H20F3N3O4S. The van der Waals surface area contributed by atoms with E-state index in [-0.39, 0.29) is 30.1 Å². The number of aliphatic hydroxyl groups excluding tert-OH is 1. The van der Waals surface area contributed by atoms with E-state index < -0.39 is 28.7 Å². The fourth-order valence-corrected chi connectivity index (χ4v) is 5.33. The number of amides is 1. The van der Waals surface area contributed by atoms with Crippen LogP contribution in [-0.2, 0) is 22.1 Å². The molecule has 0 unspecified atom stereocenters. The second-order valence-corrected chi connectivity index (χ2v) is 9.05. The van der Waals surface area contributed by atoms with Gasteiger partial charge in [0.1, 0.15) is 11.9 Å². The lowest BCUT2D eigenvalue weighted by Crippen LogP contribution is -2.50. The summed E-state index contributed by atoms with van der Waals surface area (Å²) in [6.45, 7) is 0.239. The van der Waals surface area contributed by atoms with Crippen molar-refractivity contribution < 1.29 is 32.5 Å². The van der Waals surface area contributed by atoms with Gasteiger partial charge in [0.25, 0.3) is 5.91 Å². The van der Waals surface area contributed by atoms with E-state index in [1.54, 1.807) is 23.1 Å². The Morgan fingerprint density at radius 2 is 2.00 bits per heavy atom. The number of hydrogen-bond acceptors (Lipinski definition) is 6. The van der Waals surface area contributed by atoms with Crippen molar-refractivity contribution in [2.75, 3.05) is 29.6 Å². The monoisotopic (exact) mass is 503 g/mol. The molecule has 3 aliphatic rings. The molecule has 5 rings (SSSR count). The number of carbonyl (C=O) groups excluding carboxylic acids is 1. The third kappa shape index (κ3) is 3.73. The maximum absolute atomic E-state index is 13.7. The number of aliphatic hydroxyl groups is 1.